The fourth-order valence-electron chi connectivity index (χ4n) is 4.36. The monoisotopic (exact) mass is 511 g/mol. The third-order valence-electron chi connectivity index (χ3n) is 6.36. The zero-order valence-electron chi connectivity index (χ0n) is 19.9. The highest BCUT2D eigenvalue weighted by molar-refractivity contribution is 8.00. The highest BCUT2D eigenvalue weighted by Gasteiger charge is 2.45. The van der Waals surface area contributed by atoms with Crippen molar-refractivity contribution in [2.75, 3.05) is 13.7 Å². The summed E-state index contributed by atoms with van der Waals surface area (Å²) in [5, 5.41) is 9.80. The van der Waals surface area contributed by atoms with Crippen LogP contribution in [0.3, 0.4) is 0 Å². The minimum atomic E-state index is -3.94. The molecule has 35 heavy (non-hydrogen) atoms. The van der Waals surface area contributed by atoms with E-state index < -0.39 is 28.0 Å². The number of aliphatic carboxylic acids is 1. The van der Waals surface area contributed by atoms with Crippen LogP contribution in [0.4, 0.5) is 0 Å². The van der Waals surface area contributed by atoms with Crippen LogP contribution >= 0.6 is 11.8 Å². The molecule has 0 unspecified atom stereocenters. The Morgan fingerprint density at radius 2 is 1.63 bits per heavy atom. The molecule has 0 aliphatic carbocycles. The van der Waals surface area contributed by atoms with Gasteiger partial charge in [0.2, 0.25) is 10.0 Å². The van der Waals surface area contributed by atoms with E-state index in [0.717, 1.165) is 21.6 Å². The molecule has 8 heteroatoms. The largest absolute Gasteiger partial charge is 0.497 e. The lowest BCUT2D eigenvalue weighted by atomic mass is 9.90. The van der Waals surface area contributed by atoms with E-state index >= 15 is 0 Å². The van der Waals surface area contributed by atoms with Gasteiger partial charge in [0.15, 0.2) is 0 Å². The van der Waals surface area contributed by atoms with Gasteiger partial charge < -0.3 is 9.84 Å². The summed E-state index contributed by atoms with van der Waals surface area (Å²) in [5.74, 6) is -1.23. The summed E-state index contributed by atoms with van der Waals surface area (Å²) in [7, 11) is -2.38. The molecule has 0 radical (unpaired) electrons. The van der Waals surface area contributed by atoms with Gasteiger partial charge in [-0.2, -0.15) is 4.31 Å². The summed E-state index contributed by atoms with van der Waals surface area (Å²) in [6.07, 6.45) is 0.355. The number of carbonyl (C=O) groups is 1. The number of piperidine rings is 1. The predicted octanol–water partition coefficient (Wildman–Crippen LogP) is 5.31. The number of rotatable bonds is 7. The van der Waals surface area contributed by atoms with Crippen molar-refractivity contribution in [2.24, 2.45) is 5.92 Å². The van der Waals surface area contributed by atoms with Gasteiger partial charge in [0, 0.05) is 16.7 Å². The van der Waals surface area contributed by atoms with E-state index in [9.17, 15) is 18.3 Å². The van der Waals surface area contributed by atoms with Crippen LogP contribution < -0.4 is 4.74 Å². The second kappa shape index (κ2) is 10.4. The number of ether oxygens (including phenoxy) is 1. The number of hydrogen-bond acceptors (Lipinski definition) is 5. The maximum absolute atomic E-state index is 13.8. The van der Waals surface area contributed by atoms with Gasteiger partial charge in [-0.15, -0.1) is 11.8 Å². The van der Waals surface area contributed by atoms with Crippen LogP contribution in [-0.2, 0) is 14.8 Å². The van der Waals surface area contributed by atoms with Gasteiger partial charge >= 0.3 is 5.97 Å². The molecule has 1 fully saturated rings. The summed E-state index contributed by atoms with van der Waals surface area (Å²) in [6, 6.07) is 21.4. The van der Waals surface area contributed by atoms with E-state index in [1.807, 2.05) is 62.4 Å². The zero-order chi connectivity index (χ0) is 25.2. The number of hydrogen-bond donors (Lipinski definition) is 1. The molecule has 0 amide bonds. The molecule has 1 heterocycles. The fourth-order valence-corrected chi connectivity index (χ4v) is 7.30. The molecule has 1 saturated heterocycles. The van der Waals surface area contributed by atoms with E-state index in [-0.39, 0.29) is 16.7 Å². The summed E-state index contributed by atoms with van der Waals surface area (Å²) in [4.78, 5) is 13.5. The molecule has 3 aromatic carbocycles. The molecule has 6 nitrogen and oxygen atoms in total. The summed E-state index contributed by atoms with van der Waals surface area (Å²) in [5.41, 5.74) is 2.85. The SMILES string of the molecule is COc1cccc([C@@H]2C[C@@H](Sc3ccc(C)cc3)[C@H](C(=O)O)CN2S(=O)(=O)c2ccc(C)cc2)c1. The zero-order valence-corrected chi connectivity index (χ0v) is 21.6. The molecule has 0 aromatic heterocycles. The van der Waals surface area contributed by atoms with E-state index in [2.05, 4.69) is 0 Å². The smallest absolute Gasteiger partial charge is 0.308 e. The summed E-state index contributed by atoms with van der Waals surface area (Å²) in [6.45, 7) is 3.78. The van der Waals surface area contributed by atoms with Crippen molar-refractivity contribution in [1.29, 1.82) is 0 Å². The number of sulfonamides is 1. The molecule has 1 aliphatic rings. The molecule has 1 N–H and O–H groups in total. The molecule has 0 bridgehead atoms. The molecule has 3 aromatic rings. The maximum Gasteiger partial charge on any atom is 0.308 e. The van der Waals surface area contributed by atoms with Gasteiger partial charge in [-0.25, -0.2) is 8.42 Å². The second-order valence-electron chi connectivity index (χ2n) is 8.83. The normalized spacial score (nSPS) is 20.9. The van der Waals surface area contributed by atoms with Gasteiger partial charge in [0.25, 0.3) is 0 Å². The van der Waals surface area contributed by atoms with Crippen molar-refractivity contribution >= 4 is 27.8 Å². The first-order valence-electron chi connectivity index (χ1n) is 11.4. The van der Waals surface area contributed by atoms with Gasteiger partial charge in [-0.05, 0) is 62.2 Å². The minimum absolute atomic E-state index is 0.114. The fraction of sp³-hybridized carbons (Fsp3) is 0.296. The average Bonchev–Trinajstić information content (AvgIpc) is 2.85. The highest BCUT2D eigenvalue weighted by Crippen LogP contribution is 2.44. The van der Waals surface area contributed by atoms with Gasteiger partial charge in [-0.1, -0.05) is 47.5 Å². The molecule has 0 saturated carbocycles. The molecule has 0 spiro atoms. The molecule has 1 aliphatic heterocycles. The number of methoxy groups -OCH3 is 1. The molecule has 4 rings (SSSR count). The van der Waals surface area contributed by atoms with Crippen LogP contribution in [0.5, 0.6) is 5.75 Å². The Balaban J connectivity index is 1.77. The number of carboxylic acid groups (broad SMARTS) is 1. The van der Waals surface area contributed by atoms with Gasteiger partial charge in [0.05, 0.1) is 24.0 Å². The number of benzene rings is 3. The van der Waals surface area contributed by atoms with E-state index in [1.54, 1.807) is 31.4 Å². The van der Waals surface area contributed by atoms with Crippen LogP contribution in [-0.4, -0.2) is 42.7 Å². The molecular weight excluding hydrogens is 482 g/mol. The van der Waals surface area contributed by atoms with Crippen molar-refractivity contribution in [3.63, 3.8) is 0 Å². The lowest BCUT2D eigenvalue weighted by molar-refractivity contribution is -0.143. The first-order chi connectivity index (χ1) is 16.7. The highest BCUT2D eigenvalue weighted by atomic mass is 32.2. The van der Waals surface area contributed by atoms with Crippen molar-refractivity contribution in [2.45, 2.75) is 41.4 Å². The van der Waals surface area contributed by atoms with E-state index in [0.29, 0.717) is 12.2 Å². The number of nitrogens with zero attached hydrogens (tertiary/aromatic N) is 1. The number of aryl methyl sites for hydroxylation is 2. The van der Waals surface area contributed by atoms with Gasteiger partial charge in [0.1, 0.15) is 5.75 Å². The number of thioether (sulfide) groups is 1. The Morgan fingerprint density at radius 3 is 2.23 bits per heavy atom. The molecular formula is C27H29NO5S2. The topological polar surface area (TPSA) is 83.9 Å². The third-order valence-corrected chi connectivity index (χ3v) is 9.62. The third kappa shape index (κ3) is 5.55. The Labute approximate surface area is 211 Å². The Bertz CT molecular complexity index is 1290. The van der Waals surface area contributed by atoms with Crippen LogP contribution in [0, 0.1) is 19.8 Å². The van der Waals surface area contributed by atoms with Gasteiger partial charge in [-0.3, -0.25) is 4.79 Å². The Hall–Kier alpha value is -2.81. The number of carboxylic acids is 1. The second-order valence-corrected chi connectivity index (χ2v) is 12.0. The van der Waals surface area contributed by atoms with Crippen molar-refractivity contribution in [1.82, 2.24) is 4.31 Å². The Kier molecular flexibility index (Phi) is 7.54. The Morgan fingerprint density at radius 1 is 1.00 bits per heavy atom. The minimum Gasteiger partial charge on any atom is -0.497 e. The van der Waals surface area contributed by atoms with Crippen LogP contribution in [0.15, 0.2) is 82.6 Å². The quantitative estimate of drug-likeness (QED) is 0.463. The van der Waals surface area contributed by atoms with Crippen LogP contribution in [0.1, 0.15) is 29.2 Å². The molecule has 184 valence electrons. The molecule has 3 atom stereocenters. The standard InChI is InChI=1S/C27H29NO5S2/c1-18-7-11-22(12-8-18)34-26-16-25(20-5-4-6-21(15-20)33-3)28(17-24(26)27(29)30)35(31,32)23-13-9-19(2)10-14-23/h4-15,24-26H,16-17H2,1-3H3,(H,29,30)/t24-,25+,26-/m1/s1. The van der Waals surface area contributed by atoms with Crippen molar-refractivity contribution < 1.29 is 23.1 Å². The first-order valence-corrected chi connectivity index (χ1v) is 13.7. The van der Waals surface area contributed by atoms with Crippen molar-refractivity contribution in [3.8, 4) is 5.75 Å². The van der Waals surface area contributed by atoms with Crippen molar-refractivity contribution in [3.05, 3.63) is 89.5 Å². The predicted molar refractivity (Wildman–Crippen MR) is 137 cm³/mol. The van der Waals surface area contributed by atoms with Crippen LogP contribution in [0.25, 0.3) is 0 Å². The van der Waals surface area contributed by atoms with Crippen LogP contribution in [0.2, 0.25) is 0 Å². The lowest BCUT2D eigenvalue weighted by Crippen LogP contribution is -2.49. The first kappa shape index (κ1) is 25.3. The maximum atomic E-state index is 13.8. The van der Waals surface area contributed by atoms with E-state index in [1.165, 1.54) is 16.1 Å². The van der Waals surface area contributed by atoms with E-state index in [4.69, 9.17) is 4.74 Å². The summed E-state index contributed by atoms with van der Waals surface area (Å²) >= 11 is 1.49. The lowest BCUT2D eigenvalue weighted by Gasteiger charge is -2.41. The summed E-state index contributed by atoms with van der Waals surface area (Å²) < 4.78 is 34.4. The average molecular weight is 512 g/mol.